The van der Waals surface area contributed by atoms with Gasteiger partial charge in [-0.1, -0.05) is 32.4 Å². The average molecular weight is 541 g/mol. The maximum atomic E-state index is 12.6. The van der Waals surface area contributed by atoms with Gasteiger partial charge in [-0.3, -0.25) is 14.9 Å². The van der Waals surface area contributed by atoms with Gasteiger partial charge in [-0.2, -0.15) is 0 Å². The Labute approximate surface area is 207 Å². The van der Waals surface area contributed by atoms with Gasteiger partial charge in [0.05, 0.1) is 21.8 Å². The van der Waals surface area contributed by atoms with Gasteiger partial charge in [-0.05, 0) is 83.3 Å². The van der Waals surface area contributed by atoms with Crippen LogP contribution in [0.3, 0.4) is 0 Å². The second kappa shape index (κ2) is 12.8. The molecule has 0 bridgehead atoms. The minimum Gasteiger partial charge on any atom is -0.492 e. The monoisotopic (exact) mass is 539 g/mol. The fourth-order valence-corrected chi connectivity index (χ4v) is 3.50. The predicted molar refractivity (Wildman–Crippen MR) is 138 cm³/mol. The van der Waals surface area contributed by atoms with Crippen molar-refractivity contribution in [3.8, 4) is 5.75 Å². The third-order valence-corrected chi connectivity index (χ3v) is 5.50. The Bertz CT molecular complexity index is 985. The van der Waals surface area contributed by atoms with E-state index >= 15 is 0 Å². The summed E-state index contributed by atoms with van der Waals surface area (Å²) in [4.78, 5) is 24.4. The highest BCUT2D eigenvalue weighted by Crippen LogP contribution is 2.27. The molecule has 0 aliphatic heterocycles. The topological polar surface area (TPSA) is 79.5 Å². The number of hydrogen-bond acceptors (Lipinski definition) is 4. The van der Waals surface area contributed by atoms with Crippen LogP contribution >= 0.6 is 39.7 Å². The lowest BCUT2D eigenvalue weighted by Crippen LogP contribution is -2.34. The van der Waals surface area contributed by atoms with Crippen LogP contribution in [0.25, 0.3) is 0 Å². The zero-order chi connectivity index (χ0) is 23.7. The number of carbonyl (C=O) groups is 2. The van der Waals surface area contributed by atoms with Crippen LogP contribution in [0, 0.1) is 5.92 Å². The Morgan fingerprint density at radius 2 is 1.91 bits per heavy atom. The van der Waals surface area contributed by atoms with E-state index in [0.29, 0.717) is 51.1 Å². The van der Waals surface area contributed by atoms with Crippen molar-refractivity contribution < 1.29 is 14.3 Å². The van der Waals surface area contributed by atoms with Crippen LogP contribution in [0.1, 0.15) is 50.4 Å². The van der Waals surface area contributed by atoms with E-state index in [4.69, 9.17) is 28.6 Å². The lowest BCUT2D eigenvalue weighted by molar-refractivity contribution is -0.116. The molecule has 3 N–H and O–H groups in total. The van der Waals surface area contributed by atoms with E-state index in [1.807, 2.05) is 6.92 Å². The van der Waals surface area contributed by atoms with Crippen molar-refractivity contribution in [2.24, 2.45) is 5.92 Å². The molecule has 2 amide bonds. The van der Waals surface area contributed by atoms with Gasteiger partial charge in [-0.15, -0.1) is 0 Å². The molecule has 2 rings (SSSR count). The first-order chi connectivity index (χ1) is 15.2. The molecule has 172 valence electrons. The number of ether oxygens (including phenoxy) is 1. The molecule has 0 atom stereocenters. The molecule has 0 aliphatic rings. The van der Waals surface area contributed by atoms with E-state index < -0.39 is 0 Å². The van der Waals surface area contributed by atoms with Crippen LogP contribution in [0.15, 0.2) is 40.9 Å². The number of rotatable bonds is 9. The maximum Gasteiger partial charge on any atom is 0.257 e. The summed E-state index contributed by atoms with van der Waals surface area (Å²) in [7, 11) is 0. The molecule has 2 aromatic rings. The summed E-state index contributed by atoms with van der Waals surface area (Å²) in [5, 5.41) is 8.82. The number of nitrogens with one attached hydrogen (secondary N) is 3. The summed E-state index contributed by atoms with van der Waals surface area (Å²) in [6.07, 6.45) is 2.12. The number of thiocarbonyl (C=S) groups is 1. The van der Waals surface area contributed by atoms with Gasteiger partial charge >= 0.3 is 0 Å². The largest absolute Gasteiger partial charge is 0.492 e. The Morgan fingerprint density at radius 1 is 1.16 bits per heavy atom. The molecular formula is C23H27BrClN3O3S. The van der Waals surface area contributed by atoms with Gasteiger partial charge in [0.1, 0.15) is 5.75 Å². The SMILES string of the molecule is CCCC(=O)Nc1ccc(Cl)c(NC(=S)NC(=O)c2ccc(OCCC(C)C)c(Br)c2)c1. The summed E-state index contributed by atoms with van der Waals surface area (Å²) in [6.45, 7) is 6.81. The smallest absolute Gasteiger partial charge is 0.257 e. The van der Waals surface area contributed by atoms with Gasteiger partial charge in [0, 0.05) is 17.7 Å². The van der Waals surface area contributed by atoms with Crippen molar-refractivity contribution in [3.63, 3.8) is 0 Å². The Morgan fingerprint density at radius 3 is 2.56 bits per heavy atom. The molecule has 32 heavy (non-hydrogen) atoms. The van der Waals surface area contributed by atoms with Crippen molar-refractivity contribution >= 4 is 68.1 Å². The van der Waals surface area contributed by atoms with E-state index in [9.17, 15) is 9.59 Å². The highest BCUT2D eigenvalue weighted by atomic mass is 79.9. The lowest BCUT2D eigenvalue weighted by atomic mass is 10.1. The minimum absolute atomic E-state index is 0.0844. The number of amides is 2. The molecule has 0 aliphatic carbocycles. The molecule has 0 aromatic heterocycles. The first-order valence-corrected chi connectivity index (χ1v) is 11.9. The summed E-state index contributed by atoms with van der Waals surface area (Å²) in [6, 6.07) is 10.1. The first kappa shape index (κ1) is 26.1. The fourth-order valence-electron chi connectivity index (χ4n) is 2.64. The molecule has 2 aromatic carbocycles. The van der Waals surface area contributed by atoms with Crippen molar-refractivity contribution in [1.82, 2.24) is 5.32 Å². The standard InChI is InChI=1S/C23H27BrClN3O3S/c1-4-5-21(29)26-16-7-8-18(25)19(13-16)27-23(32)28-22(30)15-6-9-20(17(24)12-15)31-11-10-14(2)3/h6-9,12-14H,4-5,10-11H2,1-3H3,(H,26,29)(H2,27,28,30,32). The van der Waals surface area contributed by atoms with Crippen LogP contribution < -0.4 is 20.7 Å². The van der Waals surface area contributed by atoms with E-state index in [1.165, 1.54) is 0 Å². The van der Waals surface area contributed by atoms with Gasteiger partial charge in [0.25, 0.3) is 5.91 Å². The highest BCUT2D eigenvalue weighted by molar-refractivity contribution is 9.10. The quantitative estimate of drug-likeness (QED) is 0.321. The average Bonchev–Trinajstić information content (AvgIpc) is 2.71. The minimum atomic E-state index is -0.375. The normalized spacial score (nSPS) is 10.6. The maximum absolute atomic E-state index is 12.6. The van der Waals surface area contributed by atoms with Gasteiger partial charge in [0.2, 0.25) is 5.91 Å². The van der Waals surface area contributed by atoms with Crippen molar-refractivity contribution in [2.45, 2.75) is 40.0 Å². The van der Waals surface area contributed by atoms with Crippen LogP contribution in [-0.4, -0.2) is 23.5 Å². The third-order valence-electron chi connectivity index (χ3n) is 4.35. The van der Waals surface area contributed by atoms with Crippen LogP contribution in [0.2, 0.25) is 5.02 Å². The molecule has 0 spiro atoms. The molecule has 0 fully saturated rings. The molecule has 0 saturated carbocycles. The zero-order valence-corrected chi connectivity index (χ0v) is 21.4. The number of halogens is 2. The van der Waals surface area contributed by atoms with E-state index in [0.717, 1.165) is 12.8 Å². The third kappa shape index (κ3) is 8.41. The zero-order valence-electron chi connectivity index (χ0n) is 18.3. The molecule has 0 saturated heterocycles. The Hall–Kier alpha value is -2.16. The predicted octanol–water partition coefficient (Wildman–Crippen LogP) is 6.39. The van der Waals surface area contributed by atoms with E-state index in [-0.39, 0.29) is 16.9 Å². The Balaban J connectivity index is 1.98. The molecule has 6 nitrogen and oxygen atoms in total. The number of hydrogen-bond donors (Lipinski definition) is 3. The Kier molecular flexibility index (Phi) is 10.4. The van der Waals surface area contributed by atoms with E-state index in [2.05, 4.69) is 45.7 Å². The van der Waals surface area contributed by atoms with E-state index in [1.54, 1.807) is 36.4 Å². The molecule has 0 heterocycles. The number of carbonyl (C=O) groups excluding carboxylic acids is 2. The number of anilines is 2. The van der Waals surface area contributed by atoms with Crippen LogP contribution in [0.4, 0.5) is 11.4 Å². The van der Waals surface area contributed by atoms with Gasteiger partial charge in [-0.25, -0.2) is 0 Å². The summed E-state index contributed by atoms with van der Waals surface area (Å²) < 4.78 is 6.43. The molecule has 0 radical (unpaired) electrons. The summed E-state index contributed by atoms with van der Waals surface area (Å²) in [5.41, 5.74) is 1.48. The highest BCUT2D eigenvalue weighted by Gasteiger charge is 2.13. The van der Waals surface area contributed by atoms with Crippen molar-refractivity contribution in [1.29, 1.82) is 0 Å². The fraction of sp³-hybridized carbons (Fsp3) is 0.348. The molecule has 0 unspecified atom stereocenters. The van der Waals surface area contributed by atoms with Crippen LogP contribution in [0.5, 0.6) is 5.75 Å². The summed E-state index contributed by atoms with van der Waals surface area (Å²) in [5.74, 6) is 0.769. The second-order valence-electron chi connectivity index (χ2n) is 7.58. The second-order valence-corrected chi connectivity index (χ2v) is 9.25. The molecule has 9 heteroatoms. The summed E-state index contributed by atoms with van der Waals surface area (Å²) >= 11 is 14.9. The lowest BCUT2D eigenvalue weighted by Gasteiger charge is -2.14. The molecular weight excluding hydrogens is 514 g/mol. The van der Waals surface area contributed by atoms with Crippen molar-refractivity contribution in [3.05, 3.63) is 51.5 Å². The van der Waals surface area contributed by atoms with Crippen LogP contribution in [-0.2, 0) is 4.79 Å². The van der Waals surface area contributed by atoms with Gasteiger partial charge < -0.3 is 15.4 Å². The van der Waals surface area contributed by atoms with Crippen molar-refractivity contribution in [2.75, 3.05) is 17.2 Å². The van der Waals surface area contributed by atoms with Gasteiger partial charge in [0.15, 0.2) is 5.11 Å². The number of benzene rings is 2. The first-order valence-electron chi connectivity index (χ1n) is 10.3.